The minimum absolute atomic E-state index is 0.810. The molecule has 0 atom stereocenters. The SMILES string of the molecule is CNCCn1nnnc1SCCc1cccs1. The molecule has 7 heteroatoms. The van der Waals surface area contributed by atoms with Gasteiger partial charge in [-0.3, -0.25) is 0 Å². The molecule has 2 aromatic heterocycles. The van der Waals surface area contributed by atoms with Crippen LogP contribution in [-0.4, -0.2) is 39.6 Å². The molecule has 2 heterocycles. The molecule has 0 aliphatic carbocycles. The summed E-state index contributed by atoms with van der Waals surface area (Å²) in [7, 11) is 1.92. The maximum absolute atomic E-state index is 4.03. The Bertz CT molecular complexity index is 426. The van der Waals surface area contributed by atoms with Crippen LogP contribution in [0.15, 0.2) is 22.7 Å². The van der Waals surface area contributed by atoms with E-state index in [0.717, 1.165) is 30.4 Å². The molecular formula is C10H15N5S2. The van der Waals surface area contributed by atoms with Crippen LogP contribution in [0, 0.1) is 0 Å². The number of thiophene rings is 1. The molecule has 0 amide bonds. The minimum Gasteiger partial charge on any atom is -0.318 e. The second kappa shape index (κ2) is 6.73. The molecule has 0 saturated carbocycles. The van der Waals surface area contributed by atoms with E-state index in [-0.39, 0.29) is 0 Å². The number of thioether (sulfide) groups is 1. The van der Waals surface area contributed by atoms with Gasteiger partial charge in [0, 0.05) is 17.2 Å². The molecule has 0 unspecified atom stereocenters. The Morgan fingerprint density at radius 3 is 3.24 bits per heavy atom. The lowest BCUT2D eigenvalue weighted by Gasteiger charge is -2.02. The van der Waals surface area contributed by atoms with E-state index < -0.39 is 0 Å². The Labute approximate surface area is 109 Å². The molecule has 2 aromatic rings. The minimum atomic E-state index is 0.810. The van der Waals surface area contributed by atoms with Crippen LogP contribution in [0.4, 0.5) is 0 Å². The molecule has 0 fully saturated rings. The molecular weight excluding hydrogens is 254 g/mol. The van der Waals surface area contributed by atoms with Gasteiger partial charge in [-0.25, -0.2) is 4.68 Å². The highest BCUT2D eigenvalue weighted by Gasteiger charge is 2.06. The van der Waals surface area contributed by atoms with Crippen LogP contribution in [0.2, 0.25) is 0 Å². The maximum Gasteiger partial charge on any atom is 0.209 e. The number of likely N-dealkylation sites (N-methyl/N-ethyl adjacent to an activating group) is 1. The highest BCUT2D eigenvalue weighted by molar-refractivity contribution is 7.99. The average Bonchev–Trinajstić information content (AvgIpc) is 2.98. The largest absolute Gasteiger partial charge is 0.318 e. The highest BCUT2D eigenvalue weighted by atomic mass is 32.2. The quantitative estimate of drug-likeness (QED) is 0.768. The van der Waals surface area contributed by atoms with Crippen molar-refractivity contribution in [2.24, 2.45) is 0 Å². The molecule has 0 aliphatic rings. The van der Waals surface area contributed by atoms with Crippen LogP contribution in [0.5, 0.6) is 0 Å². The number of nitrogens with zero attached hydrogens (tertiary/aromatic N) is 4. The highest BCUT2D eigenvalue weighted by Crippen LogP contribution is 2.17. The Morgan fingerprint density at radius 1 is 1.53 bits per heavy atom. The van der Waals surface area contributed by atoms with Crippen molar-refractivity contribution in [3.63, 3.8) is 0 Å². The predicted octanol–water partition coefficient (Wildman–Crippen LogP) is 1.29. The summed E-state index contributed by atoms with van der Waals surface area (Å²) in [6.07, 6.45) is 1.07. The summed E-state index contributed by atoms with van der Waals surface area (Å²) < 4.78 is 1.84. The maximum atomic E-state index is 4.03. The summed E-state index contributed by atoms with van der Waals surface area (Å²) >= 11 is 3.50. The Kier molecular flexibility index (Phi) is 4.96. The summed E-state index contributed by atoms with van der Waals surface area (Å²) in [5.41, 5.74) is 0. The molecule has 0 spiro atoms. The summed E-state index contributed by atoms with van der Waals surface area (Å²) in [4.78, 5) is 1.41. The average molecular weight is 269 g/mol. The van der Waals surface area contributed by atoms with Crippen LogP contribution in [0.25, 0.3) is 0 Å². The third-order valence-corrected chi connectivity index (χ3v) is 4.13. The van der Waals surface area contributed by atoms with Gasteiger partial charge in [0.25, 0.3) is 0 Å². The van der Waals surface area contributed by atoms with Crippen LogP contribution in [0.1, 0.15) is 4.88 Å². The summed E-state index contributed by atoms with van der Waals surface area (Å²) in [6, 6.07) is 4.25. The second-order valence-corrected chi connectivity index (χ2v) is 5.56. The molecule has 17 heavy (non-hydrogen) atoms. The molecule has 0 aromatic carbocycles. The van der Waals surface area contributed by atoms with E-state index >= 15 is 0 Å². The van der Waals surface area contributed by atoms with Gasteiger partial charge in [0.05, 0.1) is 6.54 Å². The molecule has 5 nitrogen and oxygen atoms in total. The topological polar surface area (TPSA) is 55.6 Å². The fourth-order valence-electron chi connectivity index (χ4n) is 1.36. The fraction of sp³-hybridized carbons (Fsp3) is 0.500. The van der Waals surface area contributed by atoms with Gasteiger partial charge in [0.1, 0.15) is 0 Å². The van der Waals surface area contributed by atoms with Crippen LogP contribution in [-0.2, 0) is 13.0 Å². The van der Waals surface area contributed by atoms with Crippen molar-refractivity contribution in [1.29, 1.82) is 0 Å². The standard InChI is InChI=1S/C10H15N5S2/c1-11-5-6-15-10(12-13-14-15)17-8-4-9-3-2-7-16-9/h2-3,7,11H,4-6,8H2,1H3. The van der Waals surface area contributed by atoms with E-state index in [4.69, 9.17) is 0 Å². The van der Waals surface area contributed by atoms with Crippen molar-refractivity contribution in [3.8, 4) is 0 Å². The monoisotopic (exact) mass is 269 g/mol. The van der Waals surface area contributed by atoms with Gasteiger partial charge in [-0.15, -0.1) is 16.4 Å². The molecule has 0 radical (unpaired) electrons. The van der Waals surface area contributed by atoms with E-state index in [2.05, 4.69) is 38.4 Å². The van der Waals surface area contributed by atoms with E-state index in [9.17, 15) is 0 Å². The Hall–Kier alpha value is -0.920. The first-order chi connectivity index (χ1) is 8.40. The van der Waals surface area contributed by atoms with Crippen molar-refractivity contribution in [2.75, 3.05) is 19.3 Å². The third-order valence-electron chi connectivity index (χ3n) is 2.23. The van der Waals surface area contributed by atoms with Gasteiger partial charge >= 0.3 is 0 Å². The smallest absolute Gasteiger partial charge is 0.209 e. The van der Waals surface area contributed by atoms with Gasteiger partial charge < -0.3 is 5.32 Å². The third kappa shape index (κ3) is 3.79. The van der Waals surface area contributed by atoms with Crippen molar-refractivity contribution in [2.45, 2.75) is 18.1 Å². The Balaban J connectivity index is 1.80. The lowest BCUT2D eigenvalue weighted by Crippen LogP contribution is -2.16. The van der Waals surface area contributed by atoms with E-state index in [1.165, 1.54) is 4.88 Å². The summed E-state index contributed by atoms with van der Waals surface area (Å²) in [5.74, 6) is 1.01. The lowest BCUT2D eigenvalue weighted by molar-refractivity contribution is 0.530. The van der Waals surface area contributed by atoms with Crippen molar-refractivity contribution in [3.05, 3.63) is 22.4 Å². The first-order valence-electron chi connectivity index (χ1n) is 5.46. The van der Waals surface area contributed by atoms with E-state index in [1.54, 1.807) is 23.1 Å². The Morgan fingerprint density at radius 2 is 2.47 bits per heavy atom. The van der Waals surface area contributed by atoms with Gasteiger partial charge in [-0.1, -0.05) is 17.8 Å². The molecule has 2 rings (SSSR count). The van der Waals surface area contributed by atoms with Gasteiger partial charge in [0.2, 0.25) is 5.16 Å². The zero-order chi connectivity index (χ0) is 11.9. The molecule has 0 aliphatic heterocycles. The lowest BCUT2D eigenvalue weighted by atomic mass is 10.4. The normalized spacial score (nSPS) is 10.9. The zero-order valence-electron chi connectivity index (χ0n) is 9.67. The number of hydrogen-bond acceptors (Lipinski definition) is 6. The van der Waals surface area contributed by atoms with Crippen LogP contribution in [0.3, 0.4) is 0 Å². The molecule has 0 saturated heterocycles. The van der Waals surface area contributed by atoms with Gasteiger partial charge in [-0.05, 0) is 35.3 Å². The molecule has 0 bridgehead atoms. The first-order valence-corrected chi connectivity index (χ1v) is 7.32. The summed E-state index contributed by atoms with van der Waals surface area (Å²) in [5, 5.41) is 17.8. The number of aromatic nitrogens is 4. The van der Waals surface area contributed by atoms with E-state index in [1.807, 2.05) is 11.7 Å². The number of hydrogen-bond donors (Lipinski definition) is 1. The number of tetrazole rings is 1. The van der Waals surface area contributed by atoms with Crippen molar-refractivity contribution >= 4 is 23.1 Å². The first kappa shape index (κ1) is 12.5. The van der Waals surface area contributed by atoms with Gasteiger partial charge in [-0.2, -0.15) is 0 Å². The number of nitrogens with one attached hydrogen (secondary N) is 1. The van der Waals surface area contributed by atoms with Crippen molar-refractivity contribution in [1.82, 2.24) is 25.5 Å². The number of aryl methyl sites for hydroxylation is 1. The number of rotatable bonds is 7. The second-order valence-electron chi connectivity index (χ2n) is 3.47. The molecule has 92 valence electrons. The summed E-state index contributed by atoms with van der Waals surface area (Å²) in [6.45, 7) is 1.69. The zero-order valence-corrected chi connectivity index (χ0v) is 11.3. The van der Waals surface area contributed by atoms with Gasteiger partial charge in [0.15, 0.2) is 0 Å². The molecule has 1 N–H and O–H groups in total. The van der Waals surface area contributed by atoms with E-state index in [0.29, 0.717) is 0 Å². The fourth-order valence-corrected chi connectivity index (χ4v) is 3.07. The van der Waals surface area contributed by atoms with Crippen LogP contribution >= 0.6 is 23.1 Å². The van der Waals surface area contributed by atoms with Crippen molar-refractivity contribution < 1.29 is 0 Å². The van der Waals surface area contributed by atoms with Crippen LogP contribution < -0.4 is 5.32 Å². The predicted molar refractivity (Wildman–Crippen MR) is 70.5 cm³/mol.